The van der Waals surface area contributed by atoms with Crippen LogP contribution in [-0.2, 0) is 10.2 Å². The van der Waals surface area contributed by atoms with Crippen molar-refractivity contribution in [2.24, 2.45) is 0 Å². The van der Waals surface area contributed by atoms with E-state index in [0.717, 1.165) is 5.56 Å². The zero-order valence-corrected chi connectivity index (χ0v) is 12.1. The van der Waals surface area contributed by atoms with Gasteiger partial charge in [-0.15, -0.1) is 13.2 Å². The monoisotopic (exact) mass is 324 g/mol. The highest BCUT2D eigenvalue weighted by Gasteiger charge is 2.33. The Kier molecular flexibility index (Phi) is 4.84. The van der Waals surface area contributed by atoms with Gasteiger partial charge in [-0.25, -0.2) is 0 Å². The van der Waals surface area contributed by atoms with Gasteiger partial charge in [0, 0.05) is 5.33 Å². The van der Waals surface area contributed by atoms with E-state index in [0.29, 0.717) is 5.56 Å². The van der Waals surface area contributed by atoms with Crippen molar-refractivity contribution >= 4 is 15.9 Å². The van der Waals surface area contributed by atoms with Crippen molar-refractivity contribution in [3.8, 4) is 0 Å². The van der Waals surface area contributed by atoms with E-state index in [2.05, 4.69) is 41.4 Å². The summed E-state index contributed by atoms with van der Waals surface area (Å²) in [6.07, 6.45) is -5.64. The van der Waals surface area contributed by atoms with Crippen LogP contribution in [0.2, 0.25) is 0 Å². The molecule has 1 nitrogen and oxygen atoms in total. The molecule has 0 aromatic heterocycles. The van der Waals surface area contributed by atoms with Gasteiger partial charge >= 0.3 is 6.36 Å². The molecule has 5 heteroatoms. The van der Waals surface area contributed by atoms with E-state index in [4.69, 9.17) is 0 Å². The lowest BCUT2D eigenvalue weighted by molar-refractivity contribution is -0.341. The Balaban J connectivity index is 2.89. The topological polar surface area (TPSA) is 9.23 Å². The maximum atomic E-state index is 12.2. The number of alkyl halides is 4. The van der Waals surface area contributed by atoms with E-state index >= 15 is 0 Å². The quantitative estimate of drug-likeness (QED) is 0.714. The zero-order valence-electron chi connectivity index (χ0n) is 10.5. The van der Waals surface area contributed by atoms with Crippen molar-refractivity contribution in [1.29, 1.82) is 0 Å². The van der Waals surface area contributed by atoms with Gasteiger partial charge in [0.25, 0.3) is 0 Å². The lowest BCUT2D eigenvalue weighted by atomic mass is 9.86. The summed E-state index contributed by atoms with van der Waals surface area (Å²) in [5.74, 6) is 0. The Hall–Kier alpha value is -0.550. The molecule has 18 heavy (non-hydrogen) atoms. The molecular formula is C13H16BrF3O. The third-order valence-corrected chi connectivity index (χ3v) is 3.15. The molecule has 0 saturated heterocycles. The van der Waals surface area contributed by atoms with Crippen molar-refractivity contribution in [1.82, 2.24) is 0 Å². The molecule has 0 fully saturated rings. The van der Waals surface area contributed by atoms with Crippen molar-refractivity contribution in [3.05, 3.63) is 35.4 Å². The van der Waals surface area contributed by atoms with Crippen LogP contribution >= 0.6 is 15.9 Å². The highest BCUT2D eigenvalue weighted by atomic mass is 79.9. The standard InChI is InChI=1S/C13H16BrF3O/c1-12(2,3)10-6-4-9(5-7-10)11(8-14)18-13(15,16)17/h4-7,11H,8H2,1-3H3. The Morgan fingerprint density at radius 3 is 1.94 bits per heavy atom. The fraction of sp³-hybridized carbons (Fsp3) is 0.538. The van der Waals surface area contributed by atoms with Gasteiger partial charge in [-0.2, -0.15) is 0 Å². The van der Waals surface area contributed by atoms with Crippen molar-refractivity contribution in [2.75, 3.05) is 5.33 Å². The molecule has 1 atom stereocenters. The van der Waals surface area contributed by atoms with Gasteiger partial charge in [0.1, 0.15) is 6.10 Å². The van der Waals surface area contributed by atoms with Crippen LogP contribution in [-0.4, -0.2) is 11.7 Å². The predicted molar refractivity (Wildman–Crippen MR) is 68.8 cm³/mol. The van der Waals surface area contributed by atoms with Crippen molar-refractivity contribution in [2.45, 2.75) is 38.7 Å². The molecule has 0 radical (unpaired) electrons. The Morgan fingerprint density at radius 2 is 1.61 bits per heavy atom. The van der Waals surface area contributed by atoms with Gasteiger partial charge in [-0.1, -0.05) is 61.0 Å². The van der Waals surface area contributed by atoms with Gasteiger partial charge in [0.2, 0.25) is 0 Å². The van der Waals surface area contributed by atoms with Crippen molar-refractivity contribution in [3.63, 3.8) is 0 Å². The molecule has 1 aromatic carbocycles. The molecule has 0 spiro atoms. The van der Waals surface area contributed by atoms with E-state index in [9.17, 15) is 13.2 Å². The van der Waals surface area contributed by atoms with Crippen LogP contribution in [0.15, 0.2) is 24.3 Å². The summed E-state index contributed by atoms with van der Waals surface area (Å²) in [5, 5.41) is 0.0986. The van der Waals surface area contributed by atoms with Gasteiger partial charge in [-0.3, -0.25) is 4.74 Å². The molecule has 0 aliphatic rings. The van der Waals surface area contributed by atoms with Gasteiger partial charge in [0.05, 0.1) is 0 Å². The average Bonchev–Trinajstić information content (AvgIpc) is 2.24. The first-order chi connectivity index (χ1) is 8.13. The minimum absolute atomic E-state index is 0.0205. The summed E-state index contributed by atoms with van der Waals surface area (Å²) in [5.41, 5.74) is 1.57. The van der Waals surface area contributed by atoms with Gasteiger partial charge in [-0.05, 0) is 16.5 Å². The van der Waals surface area contributed by atoms with Crippen molar-refractivity contribution < 1.29 is 17.9 Å². The molecule has 0 aliphatic carbocycles. The third-order valence-electron chi connectivity index (χ3n) is 2.56. The minimum Gasteiger partial charge on any atom is -0.283 e. The van der Waals surface area contributed by atoms with Crippen LogP contribution in [0.25, 0.3) is 0 Å². The summed E-state index contributed by atoms with van der Waals surface area (Å²) >= 11 is 3.04. The van der Waals surface area contributed by atoms with Gasteiger partial charge in [0.15, 0.2) is 0 Å². The first-order valence-electron chi connectivity index (χ1n) is 5.54. The second-order valence-corrected chi connectivity index (χ2v) is 5.73. The largest absolute Gasteiger partial charge is 0.523 e. The van der Waals surface area contributed by atoms with Crippen LogP contribution in [0, 0.1) is 0 Å². The second-order valence-electron chi connectivity index (χ2n) is 5.08. The predicted octanol–water partition coefficient (Wildman–Crippen LogP) is 4.96. The Bertz CT molecular complexity index is 379. The smallest absolute Gasteiger partial charge is 0.283 e. The first-order valence-corrected chi connectivity index (χ1v) is 6.66. The highest BCUT2D eigenvalue weighted by molar-refractivity contribution is 9.09. The van der Waals surface area contributed by atoms with E-state index < -0.39 is 12.5 Å². The number of rotatable bonds is 3. The molecule has 0 aliphatic heterocycles. The normalized spacial score (nSPS) is 14.6. The molecule has 0 bridgehead atoms. The van der Waals surface area contributed by atoms with Crippen LogP contribution in [0.5, 0.6) is 0 Å². The number of benzene rings is 1. The lowest BCUT2D eigenvalue weighted by Crippen LogP contribution is -2.19. The van der Waals surface area contributed by atoms with Crippen LogP contribution < -0.4 is 0 Å². The Morgan fingerprint density at radius 1 is 1.11 bits per heavy atom. The zero-order chi connectivity index (χ0) is 14.0. The van der Waals surface area contributed by atoms with Crippen LogP contribution in [0.4, 0.5) is 13.2 Å². The van der Waals surface area contributed by atoms with Crippen LogP contribution in [0.1, 0.15) is 38.0 Å². The van der Waals surface area contributed by atoms with E-state index in [1.165, 1.54) is 0 Å². The summed E-state index contributed by atoms with van der Waals surface area (Å²) in [7, 11) is 0. The van der Waals surface area contributed by atoms with Gasteiger partial charge < -0.3 is 0 Å². The lowest BCUT2D eigenvalue weighted by Gasteiger charge is -2.21. The summed E-state index contributed by atoms with van der Waals surface area (Å²) in [4.78, 5) is 0. The second kappa shape index (κ2) is 5.61. The number of hydrogen-bond acceptors (Lipinski definition) is 1. The van der Waals surface area contributed by atoms with E-state index in [-0.39, 0.29) is 10.7 Å². The summed E-state index contributed by atoms with van der Waals surface area (Å²) < 4.78 is 40.7. The highest BCUT2D eigenvalue weighted by Crippen LogP contribution is 2.30. The maximum Gasteiger partial charge on any atom is 0.523 e. The number of ether oxygens (including phenoxy) is 1. The summed E-state index contributed by atoms with van der Waals surface area (Å²) in [6, 6.07) is 7.03. The average molecular weight is 325 g/mol. The van der Waals surface area contributed by atoms with E-state index in [1.807, 2.05) is 12.1 Å². The summed E-state index contributed by atoms with van der Waals surface area (Å²) in [6.45, 7) is 6.16. The number of halogens is 4. The fourth-order valence-electron chi connectivity index (χ4n) is 1.55. The third kappa shape index (κ3) is 4.61. The molecule has 1 unspecified atom stereocenters. The molecule has 0 N–H and O–H groups in total. The minimum atomic E-state index is -4.62. The molecule has 0 amide bonds. The van der Waals surface area contributed by atoms with E-state index in [1.54, 1.807) is 12.1 Å². The van der Waals surface area contributed by atoms with Crippen LogP contribution in [0.3, 0.4) is 0 Å². The molecule has 1 aromatic rings. The molecule has 0 heterocycles. The SMILES string of the molecule is CC(C)(C)c1ccc(C(CBr)OC(F)(F)F)cc1. The molecular weight excluding hydrogens is 309 g/mol. The molecule has 0 saturated carbocycles. The molecule has 1 rings (SSSR count). The maximum absolute atomic E-state index is 12.2. The Labute approximate surface area is 113 Å². The fourth-order valence-corrected chi connectivity index (χ4v) is 2.05. The molecule has 102 valence electrons. The number of hydrogen-bond donors (Lipinski definition) is 0. The first kappa shape index (κ1) is 15.5.